The smallest absolute Gasteiger partial charge is 0.407 e. The van der Waals surface area contributed by atoms with Crippen LogP contribution in [0.15, 0.2) is 0 Å². The van der Waals surface area contributed by atoms with Crippen molar-refractivity contribution in [2.45, 2.75) is 6.92 Å². The number of nitrogens with one attached hydrogen (secondary N) is 1. The second-order valence-electron chi connectivity index (χ2n) is 2.36. The number of likely N-dealkylation sites (N-methyl/N-ethyl adjacent to an activating group) is 1. The van der Waals surface area contributed by atoms with Crippen molar-refractivity contribution in [1.29, 1.82) is 0 Å². The summed E-state index contributed by atoms with van der Waals surface area (Å²) in [5, 5.41) is 2.31. The van der Waals surface area contributed by atoms with Gasteiger partial charge in [-0.15, -0.1) is 0 Å². The highest BCUT2D eigenvalue weighted by Crippen LogP contribution is 1.78. The van der Waals surface area contributed by atoms with Crippen molar-refractivity contribution in [3.8, 4) is 0 Å². The van der Waals surface area contributed by atoms with Crippen LogP contribution in [-0.4, -0.2) is 44.1 Å². The van der Waals surface area contributed by atoms with Gasteiger partial charge in [0.25, 0.3) is 0 Å². The molecule has 1 N–H and O–H groups in total. The average molecular weight is 174 g/mol. The zero-order valence-electron chi connectivity index (χ0n) is 7.59. The number of nitrogens with zero attached hydrogens (tertiary/aromatic N) is 1. The summed E-state index contributed by atoms with van der Waals surface area (Å²) in [4.78, 5) is 23.0. The lowest BCUT2D eigenvalue weighted by Gasteiger charge is -2.10. The molecule has 0 fully saturated rings. The molecule has 70 valence electrons. The van der Waals surface area contributed by atoms with Gasteiger partial charge in [0.15, 0.2) is 0 Å². The lowest BCUT2D eigenvalue weighted by Crippen LogP contribution is -2.36. The van der Waals surface area contributed by atoms with E-state index in [9.17, 15) is 9.59 Å². The molecule has 12 heavy (non-hydrogen) atoms. The average Bonchev–Trinajstić information content (AvgIpc) is 2.00. The Balaban J connectivity index is 3.54. The molecule has 0 saturated carbocycles. The first-order valence-corrected chi connectivity index (χ1v) is 3.68. The molecule has 0 aromatic heterocycles. The molecule has 0 heterocycles. The Bertz CT molecular complexity index is 168. The third-order valence-corrected chi connectivity index (χ3v) is 1.16. The minimum atomic E-state index is -0.562. The number of amides is 2. The van der Waals surface area contributed by atoms with Crippen molar-refractivity contribution in [1.82, 2.24) is 10.2 Å². The summed E-state index contributed by atoms with van der Waals surface area (Å²) in [5.74, 6) is -0.164. The predicted octanol–water partition coefficient (Wildman–Crippen LogP) is -0.179. The largest absolute Gasteiger partial charge is 0.450 e. The summed E-state index contributed by atoms with van der Waals surface area (Å²) in [6.45, 7) is 1.99. The number of alkyl carbamates (subject to hydrolysis) is 1. The molecule has 0 radical (unpaired) electrons. The number of ether oxygens (including phenoxy) is 1. The first kappa shape index (κ1) is 10.7. The van der Waals surface area contributed by atoms with Crippen molar-refractivity contribution < 1.29 is 14.3 Å². The van der Waals surface area contributed by atoms with Crippen molar-refractivity contribution in [2.75, 3.05) is 27.2 Å². The zero-order valence-corrected chi connectivity index (χ0v) is 7.59. The van der Waals surface area contributed by atoms with Gasteiger partial charge >= 0.3 is 6.09 Å². The van der Waals surface area contributed by atoms with Gasteiger partial charge in [-0.3, -0.25) is 4.79 Å². The van der Waals surface area contributed by atoms with Gasteiger partial charge in [-0.1, -0.05) is 0 Å². The summed E-state index contributed by atoms with van der Waals surface area (Å²) in [5.41, 5.74) is 0. The van der Waals surface area contributed by atoms with Crippen molar-refractivity contribution >= 4 is 12.0 Å². The van der Waals surface area contributed by atoms with E-state index in [2.05, 4.69) is 10.1 Å². The van der Waals surface area contributed by atoms with Crippen LogP contribution in [-0.2, 0) is 9.53 Å². The first-order valence-electron chi connectivity index (χ1n) is 3.68. The maximum absolute atomic E-state index is 10.9. The summed E-state index contributed by atoms with van der Waals surface area (Å²) in [6, 6.07) is 0. The van der Waals surface area contributed by atoms with Crippen LogP contribution in [0.4, 0.5) is 4.79 Å². The first-order chi connectivity index (χ1) is 5.57. The topological polar surface area (TPSA) is 58.6 Å². The Morgan fingerprint density at radius 3 is 2.42 bits per heavy atom. The SMILES string of the molecule is CCOC(=O)NCC(=O)N(C)C. The summed E-state index contributed by atoms with van der Waals surface area (Å²) in [6.07, 6.45) is -0.562. The zero-order chi connectivity index (χ0) is 9.56. The maximum Gasteiger partial charge on any atom is 0.407 e. The van der Waals surface area contributed by atoms with Crippen LogP contribution in [0.25, 0.3) is 0 Å². The van der Waals surface area contributed by atoms with Crippen LogP contribution < -0.4 is 5.32 Å². The standard InChI is InChI=1S/C7H14N2O3/c1-4-12-7(11)8-5-6(10)9(2)3/h4-5H2,1-3H3,(H,8,11). The fraction of sp³-hybridized carbons (Fsp3) is 0.714. The van der Waals surface area contributed by atoms with Crippen LogP contribution >= 0.6 is 0 Å². The molecule has 2 amide bonds. The molecule has 0 atom stereocenters. The van der Waals surface area contributed by atoms with E-state index in [4.69, 9.17) is 0 Å². The van der Waals surface area contributed by atoms with Crippen LogP contribution in [0, 0.1) is 0 Å². The molecular weight excluding hydrogens is 160 g/mol. The van der Waals surface area contributed by atoms with Gasteiger partial charge in [0.05, 0.1) is 6.61 Å². The van der Waals surface area contributed by atoms with Crippen LogP contribution in [0.5, 0.6) is 0 Å². The van der Waals surface area contributed by atoms with E-state index in [1.54, 1.807) is 21.0 Å². The van der Waals surface area contributed by atoms with E-state index in [0.29, 0.717) is 6.61 Å². The van der Waals surface area contributed by atoms with Gasteiger partial charge in [-0.05, 0) is 6.92 Å². The highest BCUT2D eigenvalue weighted by molar-refractivity contribution is 5.81. The van der Waals surface area contributed by atoms with E-state index >= 15 is 0 Å². The van der Waals surface area contributed by atoms with Crippen molar-refractivity contribution in [3.05, 3.63) is 0 Å². The van der Waals surface area contributed by atoms with Crippen LogP contribution in [0.2, 0.25) is 0 Å². The summed E-state index contributed by atoms with van der Waals surface area (Å²) >= 11 is 0. The fourth-order valence-electron chi connectivity index (χ4n) is 0.488. The van der Waals surface area contributed by atoms with Gasteiger partial charge in [0, 0.05) is 14.1 Å². The molecular formula is C7H14N2O3. The Morgan fingerprint density at radius 1 is 1.42 bits per heavy atom. The lowest BCUT2D eigenvalue weighted by molar-refractivity contribution is -0.127. The molecule has 5 nitrogen and oxygen atoms in total. The third-order valence-electron chi connectivity index (χ3n) is 1.16. The van der Waals surface area contributed by atoms with Gasteiger partial charge in [-0.2, -0.15) is 0 Å². The molecule has 0 unspecified atom stereocenters. The van der Waals surface area contributed by atoms with Gasteiger partial charge in [0.1, 0.15) is 6.54 Å². The van der Waals surface area contributed by atoms with E-state index in [-0.39, 0.29) is 12.5 Å². The molecule has 0 spiro atoms. The Kier molecular flexibility index (Phi) is 4.83. The predicted molar refractivity (Wildman–Crippen MR) is 43.7 cm³/mol. The highest BCUT2D eigenvalue weighted by Gasteiger charge is 2.06. The summed E-state index contributed by atoms with van der Waals surface area (Å²) in [7, 11) is 3.24. The van der Waals surface area contributed by atoms with Gasteiger partial charge in [0.2, 0.25) is 5.91 Å². The number of hydrogen-bond acceptors (Lipinski definition) is 3. The number of carbonyl (C=O) groups is 2. The highest BCUT2D eigenvalue weighted by atomic mass is 16.5. The monoisotopic (exact) mass is 174 g/mol. The molecule has 0 aliphatic rings. The summed E-state index contributed by atoms with van der Waals surface area (Å²) < 4.78 is 4.55. The molecule has 0 saturated heterocycles. The Morgan fingerprint density at radius 2 is 2.00 bits per heavy atom. The van der Waals surface area contributed by atoms with E-state index in [1.165, 1.54) is 4.90 Å². The molecule has 0 aliphatic heterocycles. The third kappa shape index (κ3) is 4.54. The van der Waals surface area contributed by atoms with Crippen LogP contribution in [0.3, 0.4) is 0 Å². The molecule has 0 aromatic rings. The van der Waals surface area contributed by atoms with Crippen LogP contribution in [0.1, 0.15) is 6.92 Å². The van der Waals surface area contributed by atoms with Gasteiger partial charge in [-0.25, -0.2) is 4.79 Å². The molecule has 0 aromatic carbocycles. The second kappa shape index (κ2) is 5.40. The molecule has 5 heteroatoms. The van der Waals surface area contributed by atoms with Crippen molar-refractivity contribution in [2.24, 2.45) is 0 Å². The quantitative estimate of drug-likeness (QED) is 0.645. The second-order valence-corrected chi connectivity index (χ2v) is 2.36. The van der Waals surface area contributed by atoms with Crippen molar-refractivity contribution in [3.63, 3.8) is 0 Å². The minimum Gasteiger partial charge on any atom is -0.450 e. The Hall–Kier alpha value is -1.26. The Labute approximate surface area is 71.7 Å². The molecule has 0 aliphatic carbocycles. The number of carbonyl (C=O) groups excluding carboxylic acids is 2. The molecule has 0 bridgehead atoms. The van der Waals surface area contributed by atoms with E-state index < -0.39 is 6.09 Å². The minimum absolute atomic E-state index is 0.0220. The van der Waals surface area contributed by atoms with E-state index in [0.717, 1.165) is 0 Å². The molecule has 0 rings (SSSR count). The normalized spacial score (nSPS) is 8.92. The lowest BCUT2D eigenvalue weighted by atomic mass is 10.5. The van der Waals surface area contributed by atoms with E-state index in [1.807, 2.05) is 0 Å². The number of hydrogen-bond donors (Lipinski definition) is 1. The van der Waals surface area contributed by atoms with Gasteiger partial charge < -0.3 is 15.0 Å². The maximum atomic E-state index is 10.9. The fourth-order valence-corrected chi connectivity index (χ4v) is 0.488. The number of rotatable bonds is 3.